The smallest absolute Gasteiger partial charge is 0.263 e. The number of hydrogen-bond donors (Lipinski definition) is 0. The van der Waals surface area contributed by atoms with Crippen LogP contribution in [0.2, 0.25) is 10.0 Å². The molecule has 4 nitrogen and oxygen atoms in total. The van der Waals surface area contributed by atoms with Gasteiger partial charge in [-0.3, -0.25) is 4.79 Å². The van der Waals surface area contributed by atoms with Crippen LogP contribution in [0.15, 0.2) is 42.5 Å². The Morgan fingerprint density at radius 2 is 1.67 bits per heavy atom. The maximum atomic E-state index is 12.9. The number of halogens is 2. The summed E-state index contributed by atoms with van der Waals surface area (Å²) in [6.45, 7) is 6.95. The lowest BCUT2D eigenvalue weighted by Gasteiger charge is -2.38. The van der Waals surface area contributed by atoms with E-state index >= 15 is 0 Å². The Bertz CT molecular complexity index is 787. The topological polar surface area (TPSA) is 32.8 Å². The third-order valence-electron chi connectivity index (χ3n) is 4.84. The summed E-state index contributed by atoms with van der Waals surface area (Å²) in [5.74, 6) is 0.697. The third-order valence-corrected chi connectivity index (χ3v) is 5.33. The van der Waals surface area contributed by atoms with Crippen LogP contribution in [0.3, 0.4) is 0 Å². The van der Waals surface area contributed by atoms with Gasteiger partial charge in [-0.15, -0.1) is 0 Å². The Morgan fingerprint density at radius 3 is 2.30 bits per heavy atom. The van der Waals surface area contributed by atoms with Crippen LogP contribution in [0.4, 0.5) is 5.69 Å². The van der Waals surface area contributed by atoms with Gasteiger partial charge in [0.2, 0.25) is 0 Å². The van der Waals surface area contributed by atoms with E-state index in [1.807, 2.05) is 30.0 Å². The van der Waals surface area contributed by atoms with Gasteiger partial charge in [-0.05, 0) is 55.3 Å². The maximum absolute atomic E-state index is 12.9. The highest BCUT2D eigenvalue weighted by Gasteiger charge is 2.28. The zero-order valence-electron chi connectivity index (χ0n) is 15.6. The Morgan fingerprint density at radius 1 is 1.04 bits per heavy atom. The highest BCUT2D eigenvalue weighted by molar-refractivity contribution is 6.31. The molecule has 0 aromatic heterocycles. The number of piperazine rings is 1. The van der Waals surface area contributed by atoms with Gasteiger partial charge in [0.15, 0.2) is 6.10 Å². The second kappa shape index (κ2) is 8.85. The summed E-state index contributed by atoms with van der Waals surface area (Å²) in [7, 11) is 0. The van der Waals surface area contributed by atoms with Gasteiger partial charge in [0, 0.05) is 41.9 Å². The standard InChI is InChI=1S/C21H24Cl2N2O2/c1-3-20(27-18-8-6-16(22)7-9-18)21(26)25-12-10-24(11-13-25)19-14-17(23)5-4-15(19)2/h4-9,14,20H,3,10-13H2,1-2H3/t20-/m1/s1. The number of carbonyl (C=O) groups excluding carboxylic acids is 1. The molecular formula is C21H24Cl2N2O2. The Kier molecular flexibility index (Phi) is 6.51. The molecule has 3 rings (SSSR count). The third kappa shape index (κ3) is 4.88. The van der Waals surface area contributed by atoms with Crippen molar-refractivity contribution < 1.29 is 9.53 Å². The van der Waals surface area contributed by atoms with E-state index in [9.17, 15) is 4.79 Å². The van der Waals surface area contributed by atoms with E-state index in [4.69, 9.17) is 27.9 Å². The summed E-state index contributed by atoms with van der Waals surface area (Å²) in [4.78, 5) is 17.1. The van der Waals surface area contributed by atoms with Crippen molar-refractivity contribution in [2.75, 3.05) is 31.1 Å². The molecule has 0 spiro atoms. The first-order chi connectivity index (χ1) is 13.0. The Hall–Kier alpha value is -1.91. The Labute approximate surface area is 170 Å². The first-order valence-corrected chi connectivity index (χ1v) is 9.95. The molecule has 2 aromatic rings. The highest BCUT2D eigenvalue weighted by atomic mass is 35.5. The van der Waals surface area contributed by atoms with Gasteiger partial charge in [0.05, 0.1) is 0 Å². The number of rotatable bonds is 5. The molecule has 0 N–H and O–H groups in total. The normalized spacial score (nSPS) is 15.6. The molecule has 1 heterocycles. The summed E-state index contributed by atoms with van der Waals surface area (Å²) in [6.07, 6.45) is 0.139. The molecule has 27 heavy (non-hydrogen) atoms. The van der Waals surface area contributed by atoms with Crippen molar-refractivity contribution in [3.63, 3.8) is 0 Å². The zero-order valence-corrected chi connectivity index (χ0v) is 17.1. The molecule has 6 heteroatoms. The summed E-state index contributed by atoms with van der Waals surface area (Å²) in [6, 6.07) is 13.0. The number of hydrogen-bond acceptors (Lipinski definition) is 3. The van der Waals surface area contributed by atoms with E-state index in [1.165, 1.54) is 5.56 Å². The van der Waals surface area contributed by atoms with Crippen LogP contribution >= 0.6 is 23.2 Å². The van der Waals surface area contributed by atoms with Crippen molar-refractivity contribution >= 4 is 34.8 Å². The predicted molar refractivity (Wildman–Crippen MR) is 111 cm³/mol. The van der Waals surface area contributed by atoms with E-state index in [1.54, 1.807) is 24.3 Å². The minimum absolute atomic E-state index is 0.0370. The number of anilines is 1. The maximum Gasteiger partial charge on any atom is 0.263 e. The molecular weight excluding hydrogens is 383 g/mol. The molecule has 1 amide bonds. The molecule has 0 saturated carbocycles. The minimum atomic E-state index is -0.481. The van der Waals surface area contributed by atoms with E-state index in [0.29, 0.717) is 30.3 Å². The molecule has 0 aliphatic carbocycles. The van der Waals surface area contributed by atoms with Crippen LogP contribution in [-0.4, -0.2) is 43.1 Å². The van der Waals surface area contributed by atoms with E-state index in [-0.39, 0.29) is 5.91 Å². The van der Waals surface area contributed by atoms with Crippen LogP contribution in [-0.2, 0) is 4.79 Å². The summed E-state index contributed by atoms with van der Waals surface area (Å²) >= 11 is 12.1. The predicted octanol–water partition coefficient (Wildman–Crippen LogP) is 4.81. The first-order valence-electron chi connectivity index (χ1n) is 9.20. The fourth-order valence-corrected chi connectivity index (χ4v) is 3.57. The highest BCUT2D eigenvalue weighted by Crippen LogP contribution is 2.26. The van der Waals surface area contributed by atoms with Crippen molar-refractivity contribution in [2.24, 2.45) is 0 Å². The second-order valence-corrected chi connectivity index (χ2v) is 7.58. The number of carbonyl (C=O) groups is 1. The second-order valence-electron chi connectivity index (χ2n) is 6.71. The average molecular weight is 407 g/mol. The van der Waals surface area contributed by atoms with E-state index in [2.05, 4.69) is 11.8 Å². The number of ether oxygens (including phenoxy) is 1. The summed E-state index contributed by atoms with van der Waals surface area (Å²) in [5.41, 5.74) is 2.33. The SMILES string of the molecule is CC[C@@H](Oc1ccc(Cl)cc1)C(=O)N1CCN(c2cc(Cl)ccc2C)CC1. The van der Waals surface area contributed by atoms with Crippen LogP contribution in [0.1, 0.15) is 18.9 Å². The van der Waals surface area contributed by atoms with Crippen LogP contribution < -0.4 is 9.64 Å². The lowest BCUT2D eigenvalue weighted by molar-refractivity contribution is -0.139. The first kappa shape index (κ1) is 19.8. The van der Waals surface area contributed by atoms with Gasteiger partial charge in [-0.25, -0.2) is 0 Å². The van der Waals surface area contributed by atoms with Crippen LogP contribution in [0, 0.1) is 6.92 Å². The Balaban J connectivity index is 1.61. The number of nitrogens with zero attached hydrogens (tertiary/aromatic N) is 2. The fourth-order valence-electron chi connectivity index (χ4n) is 3.28. The molecule has 1 saturated heterocycles. The molecule has 1 fully saturated rings. The molecule has 144 valence electrons. The van der Waals surface area contributed by atoms with Crippen molar-refractivity contribution in [3.05, 3.63) is 58.1 Å². The largest absolute Gasteiger partial charge is 0.481 e. The van der Waals surface area contributed by atoms with Crippen LogP contribution in [0.25, 0.3) is 0 Å². The van der Waals surface area contributed by atoms with Crippen molar-refractivity contribution in [1.29, 1.82) is 0 Å². The molecule has 0 unspecified atom stereocenters. The van der Waals surface area contributed by atoms with E-state index in [0.717, 1.165) is 23.8 Å². The van der Waals surface area contributed by atoms with Gasteiger partial charge in [0.25, 0.3) is 5.91 Å². The van der Waals surface area contributed by atoms with Crippen molar-refractivity contribution in [1.82, 2.24) is 4.90 Å². The van der Waals surface area contributed by atoms with Crippen molar-refractivity contribution in [3.8, 4) is 5.75 Å². The monoisotopic (exact) mass is 406 g/mol. The molecule has 2 aromatic carbocycles. The summed E-state index contributed by atoms with van der Waals surface area (Å²) < 4.78 is 5.90. The van der Waals surface area contributed by atoms with Gasteiger partial charge < -0.3 is 14.5 Å². The zero-order chi connectivity index (χ0) is 19.4. The number of benzene rings is 2. The molecule has 0 bridgehead atoms. The number of aryl methyl sites for hydroxylation is 1. The van der Waals surface area contributed by atoms with Gasteiger partial charge in [0.1, 0.15) is 5.75 Å². The lowest BCUT2D eigenvalue weighted by atomic mass is 10.1. The average Bonchev–Trinajstić information content (AvgIpc) is 2.69. The van der Waals surface area contributed by atoms with Crippen LogP contribution in [0.5, 0.6) is 5.75 Å². The van der Waals surface area contributed by atoms with Gasteiger partial charge in [-0.2, -0.15) is 0 Å². The van der Waals surface area contributed by atoms with Gasteiger partial charge in [-0.1, -0.05) is 36.2 Å². The fraction of sp³-hybridized carbons (Fsp3) is 0.381. The number of amides is 1. The van der Waals surface area contributed by atoms with Gasteiger partial charge >= 0.3 is 0 Å². The molecule has 1 aliphatic heterocycles. The van der Waals surface area contributed by atoms with E-state index < -0.39 is 6.10 Å². The molecule has 1 aliphatic rings. The van der Waals surface area contributed by atoms with Crippen molar-refractivity contribution in [2.45, 2.75) is 26.4 Å². The lowest BCUT2D eigenvalue weighted by Crippen LogP contribution is -2.52. The molecule has 0 radical (unpaired) electrons. The quantitative estimate of drug-likeness (QED) is 0.713. The summed E-state index contributed by atoms with van der Waals surface area (Å²) in [5, 5.41) is 1.38. The minimum Gasteiger partial charge on any atom is -0.481 e. The molecule has 1 atom stereocenters.